The molecule has 8 heteroatoms. The Labute approximate surface area is 164 Å². The first-order chi connectivity index (χ1) is 13.4. The number of benzene rings is 2. The van der Waals surface area contributed by atoms with Crippen LogP contribution in [0.4, 0.5) is 5.69 Å². The molecular formula is C20H23N3O4S. The third-order valence-electron chi connectivity index (χ3n) is 4.61. The van der Waals surface area contributed by atoms with Gasteiger partial charge in [0.25, 0.3) is 0 Å². The third kappa shape index (κ3) is 4.76. The maximum Gasteiger partial charge on any atom is 0.240 e. The summed E-state index contributed by atoms with van der Waals surface area (Å²) in [5.41, 5.74) is 2.57. The van der Waals surface area contributed by atoms with Gasteiger partial charge in [0.2, 0.25) is 21.8 Å². The fraction of sp³-hybridized carbons (Fsp3) is 0.300. The predicted octanol–water partition coefficient (Wildman–Crippen LogP) is 1.58. The van der Waals surface area contributed by atoms with E-state index in [1.807, 2.05) is 30.3 Å². The van der Waals surface area contributed by atoms with E-state index < -0.39 is 10.0 Å². The van der Waals surface area contributed by atoms with Crippen molar-refractivity contribution < 1.29 is 18.0 Å². The van der Waals surface area contributed by atoms with Crippen LogP contribution in [0.25, 0.3) is 0 Å². The molecule has 1 aliphatic rings. The first-order valence-corrected chi connectivity index (χ1v) is 10.6. The molecule has 2 aromatic carbocycles. The Bertz CT molecular complexity index is 974. The standard InChI is InChI=1S/C20H23N3O4S/c1-15(24)23-12-10-17-13-18(7-8-19(17)23)28(26,27)22-11-9-20(25)21-14-16-5-3-2-4-6-16/h2-8,13,22H,9-12,14H2,1H3,(H,21,25). The molecule has 28 heavy (non-hydrogen) atoms. The van der Waals surface area contributed by atoms with Gasteiger partial charge in [-0.15, -0.1) is 0 Å². The number of sulfonamides is 1. The van der Waals surface area contributed by atoms with Gasteiger partial charge < -0.3 is 10.2 Å². The number of nitrogens with one attached hydrogen (secondary N) is 2. The summed E-state index contributed by atoms with van der Waals surface area (Å²) in [4.78, 5) is 25.3. The number of anilines is 1. The van der Waals surface area contributed by atoms with Crippen molar-refractivity contribution >= 4 is 27.5 Å². The van der Waals surface area contributed by atoms with Gasteiger partial charge in [0, 0.05) is 38.7 Å². The molecule has 0 saturated heterocycles. The molecule has 0 aliphatic carbocycles. The second kappa shape index (κ2) is 8.53. The molecule has 2 aromatic rings. The molecule has 0 atom stereocenters. The van der Waals surface area contributed by atoms with Gasteiger partial charge in [-0.25, -0.2) is 13.1 Å². The second-order valence-electron chi connectivity index (χ2n) is 6.62. The van der Waals surface area contributed by atoms with Crippen molar-refractivity contribution in [1.29, 1.82) is 0 Å². The molecule has 0 radical (unpaired) electrons. The monoisotopic (exact) mass is 401 g/mol. The average molecular weight is 401 g/mol. The quantitative estimate of drug-likeness (QED) is 0.736. The van der Waals surface area contributed by atoms with Crippen LogP contribution in [0, 0.1) is 0 Å². The summed E-state index contributed by atoms with van der Waals surface area (Å²) >= 11 is 0. The summed E-state index contributed by atoms with van der Waals surface area (Å²) in [5.74, 6) is -0.286. The number of hydrogen-bond acceptors (Lipinski definition) is 4. The Balaban J connectivity index is 1.53. The van der Waals surface area contributed by atoms with Crippen LogP contribution in [0.15, 0.2) is 53.4 Å². The number of carbonyl (C=O) groups is 2. The van der Waals surface area contributed by atoms with E-state index in [4.69, 9.17) is 0 Å². The first kappa shape index (κ1) is 20.0. The lowest BCUT2D eigenvalue weighted by atomic mass is 10.2. The third-order valence-corrected chi connectivity index (χ3v) is 6.07. The zero-order valence-corrected chi connectivity index (χ0v) is 16.5. The van der Waals surface area contributed by atoms with Crippen LogP contribution >= 0.6 is 0 Å². The van der Waals surface area contributed by atoms with E-state index in [9.17, 15) is 18.0 Å². The fourth-order valence-electron chi connectivity index (χ4n) is 3.14. The highest BCUT2D eigenvalue weighted by atomic mass is 32.2. The lowest BCUT2D eigenvalue weighted by Gasteiger charge is -2.15. The van der Waals surface area contributed by atoms with Gasteiger partial charge in [-0.3, -0.25) is 9.59 Å². The molecule has 0 fully saturated rings. The molecule has 1 aliphatic heterocycles. The molecule has 148 valence electrons. The number of hydrogen-bond donors (Lipinski definition) is 2. The van der Waals surface area contributed by atoms with Gasteiger partial charge in [0.05, 0.1) is 4.90 Å². The number of rotatable bonds is 7. The fourth-order valence-corrected chi connectivity index (χ4v) is 4.22. The van der Waals surface area contributed by atoms with Gasteiger partial charge in [-0.05, 0) is 35.7 Å². The Morgan fingerprint density at radius 2 is 1.86 bits per heavy atom. The molecule has 3 rings (SSSR count). The zero-order chi connectivity index (χ0) is 20.1. The van der Waals surface area contributed by atoms with E-state index in [-0.39, 0.29) is 29.7 Å². The minimum absolute atomic E-state index is 0.0135. The van der Waals surface area contributed by atoms with Crippen molar-refractivity contribution in [3.05, 3.63) is 59.7 Å². The highest BCUT2D eigenvalue weighted by Crippen LogP contribution is 2.30. The van der Waals surface area contributed by atoms with Crippen LogP contribution in [0.1, 0.15) is 24.5 Å². The van der Waals surface area contributed by atoms with Crippen molar-refractivity contribution in [3.8, 4) is 0 Å². The van der Waals surface area contributed by atoms with E-state index in [1.165, 1.54) is 13.0 Å². The highest BCUT2D eigenvalue weighted by Gasteiger charge is 2.24. The Kier molecular flexibility index (Phi) is 6.11. The van der Waals surface area contributed by atoms with Crippen molar-refractivity contribution in [2.75, 3.05) is 18.0 Å². The Morgan fingerprint density at radius 1 is 1.11 bits per heavy atom. The van der Waals surface area contributed by atoms with Gasteiger partial charge in [0.1, 0.15) is 0 Å². The summed E-state index contributed by atoms with van der Waals surface area (Å²) in [6.45, 7) is 2.47. The van der Waals surface area contributed by atoms with Gasteiger partial charge >= 0.3 is 0 Å². The number of nitrogens with zero attached hydrogens (tertiary/aromatic N) is 1. The smallest absolute Gasteiger partial charge is 0.240 e. The summed E-state index contributed by atoms with van der Waals surface area (Å²) < 4.78 is 27.4. The van der Waals surface area contributed by atoms with Crippen LogP contribution in [-0.2, 0) is 32.6 Å². The van der Waals surface area contributed by atoms with Gasteiger partial charge in [-0.2, -0.15) is 0 Å². The first-order valence-electron chi connectivity index (χ1n) is 9.08. The molecule has 0 unspecified atom stereocenters. The highest BCUT2D eigenvalue weighted by molar-refractivity contribution is 7.89. The molecule has 2 amide bonds. The summed E-state index contributed by atoms with van der Waals surface area (Å²) in [7, 11) is -3.72. The summed E-state index contributed by atoms with van der Waals surface area (Å²) in [6, 6.07) is 14.2. The van der Waals surface area contributed by atoms with E-state index in [1.54, 1.807) is 17.0 Å². The second-order valence-corrected chi connectivity index (χ2v) is 8.39. The molecule has 0 saturated carbocycles. The van der Waals surface area contributed by atoms with Gasteiger partial charge in [-0.1, -0.05) is 30.3 Å². The topological polar surface area (TPSA) is 95.6 Å². The van der Waals surface area contributed by atoms with Crippen LogP contribution in [-0.4, -0.2) is 33.3 Å². The van der Waals surface area contributed by atoms with E-state index in [2.05, 4.69) is 10.0 Å². The molecule has 0 spiro atoms. The van der Waals surface area contributed by atoms with Crippen molar-refractivity contribution in [2.45, 2.75) is 31.2 Å². The summed E-state index contributed by atoms with van der Waals surface area (Å²) in [5, 5.41) is 2.76. The lowest BCUT2D eigenvalue weighted by Crippen LogP contribution is -2.30. The Hall–Kier alpha value is -2.71. The Morgan fingerprint density at radius 3 is 2.57 bits per heavy atom. The van der Waals surface area contributed by atoms with E-state index >= 15 is 0 Å². The maximum absolute atomic E-state index is 12.5. The lowest BCUT2D eigenvalue weighted by molar-refractivity contribution is -0.121. The number of fused-ring (bicyclic) bond motifs is 1. The van der Waals surface area contributed by atoms with Gasteiger partial charge in [0.15, 0.2) is 0 Å². The number of carbonyl (C=O) groups excluding carboxylic acids is 2. The largest absolute Gasteiger partial charge is 0.352 e. The number of amides is 2. The van der Waals surface area contributed by atoms with E-state index in [0.29, 0.717) is 19.5 Å². The molecule has 2 N–H and O–H groups in total. The zero-order valence-electron chi connectivity index (χ0n) is 15.6. The SMILES string of the molecule is CC(=O)N1CCc2cc(S(=O)(=O)NCCC(=O)NCc3ccccc3)ccc21. The van der Waals surface area contributed by atoms with Crippen LogP contribution in [0.5, 0.6) is 0 Å². The molecule has 0 bridgehead atoms. The molecule has 1 heterocycles. The average Bonchev–Trinajstić information content (AvgIpc) is 3.10. The van der Waals surface area contributed by atoms with Crippen LogP contribution < -0.4 is 14.9 Å². The normalized spacial score (nSPS) is 13.2. The minimum Gasteiger partial charge on any atom is -0.352 e. The maximum atomic E-state index is 12.5. The summed E-state index contributed by atoms with van der Waals surface area (Å²) in [6.07, 6.45) is 0.676. The van der Waals surface area contributed by atoms with Crippen molar-refractivity contribution in [3.63, 3.8) is 0 Å². The molecule has 7 nitrogen and oxygen atoms in total. The predicted molar refractivity (Wildman–Crippen MR) is 106 cm³/mol. The van der Waals surface area contributed by atoms with Crippen LogP contribution in [0.2, 0.25) is 0 Å². The van der Waals surface area contributed by atoms with Crippen molar-refractivity contribution in [1.82, 2.24) is 10.0 Å². The van der Waals surface area contributed by atoms with Crippen molar-refractivity contribution in [2.24, 2.45) is 0 Å². The molecule has 0 aromatic heterocycles. The minimum atomic E-state index is -3.72. The van der Waals surface area contributed by atoms with Crippen LogP contribution in [0.3, 0.4) is 0 Å². The molecular weight excluding hydrogens is 378 g/mol. The van der Waals surface area contributed by atoms with E-state index in [0.717, 1.165) is 16.8 Å².